The normalized spacial score (nSPS) is 27.2. The van der Waals surface area contributed by atoms with Gasteiger partial charge in [-0.1, -0.05) is 6.92 Å². The van der Waals surface area contributed by atoms with Gasteiger partial charge in [-0.15, -0.1) is 0 Å². The minimum atomic E-state index is -0.119. The molecule has 1 saturated heterocycles. The van der Waals surface area contributed by atoms with Gasteiger partial charge in [0.25, 0.3) is 0 Å². The Labute approximate surface area is 104 Å². The average Bonchev–Trinajstić information content (AvgIpc) is 2.81. The number of hydrogen-bond donors (Lipinski definition) is 2. The summed E-state index contributed by atoms with van der Waals surface area (Å²) in [4.78, 5) is 12.7. The number of nitrogens with one attached hydrogen (secondary N) is 1. The zero-order valence-electron chi connectivity index (χ0n) is 10.2. The van der Waals surface area contributed by atoms with Crippen molar-refractivity contribution in [1.29, 1.82) is 0 Å². The van der Waals surface area contributed by atoms with Crippen LogP contribution in [0.4, 0.5) is 5.82 Å². The van der Waals surface area contributed by atoms with Crippen LogP contribution in [0.15, 0.2) is 12.7 Å². The molecule has 0 aliphatic carbocycles. The Morgan fingerprint density at radius 2 is 2.28 bits per heavy atom. The SMILES string of the molecule is CNc1ncnc2c1ncn2C1OC(CO)C1C. The van der Waals surface area contributed by atoms with Crippen LogP contribution in [0.1, 0.15) is 13.2 Å². The minimum Gasteiger partial charge on any atom is -0.394 e. The van der Waals surface area contributed by atoms with Gasteiger partial charge in [-0.2, -0.15) is 0 Å². The molecule has 18 heavy (non-hydrogen) atoms. The monoisotopic (exact) mass is 249 g/mol. The van der Waals surface area contributed by atoms with Gasteiger partial charge < -0.3 is 15.2 Å². The maximum absolute atomic E-state index is 9.08. The van der Waals surface area contributed by atoms with Crippen molar-refractivity contribution in [2.45, 2.75) is 19.3 Å². The van der Waals surface area contributed by atoms with E-state index in [4.69, 9.17) is 9.84 Å². The Balaban J connectivity index is 1.99. The molecule has 0 bridgehead atoms. The van der Waals surface area contributed by atoms with E-state index in [0.717, 1.165) is 11.2 Å². The topological polar surface area (TPSA) is 85.1 Å². The Morgan fingerprint density at radius 3 is 2.94 bits per heavy atom. The molecule has 3 heterocycles. The van der Waals surface area contributed by atoms with Gasteiger partial charge >= 0.3 is 0 Å². The first-order chi connectivity index (χ1) is 8.76. The molecule has 0 radical (unpaired) electrons. The highest BCUT2D eigenvalue weighted by atomic mass is 16.5. The van der Waals surface area contributed by atoms with Crippen LogP contribution in [0, 0.1) is 5.92 Å². The fourth-order valence-corrected chi connectivity index (χ4v) is 2.27. The molecule has 1 aliphatic rings. The molecule has 7 nitrogen and oxygen atoms in total. The predicted molar refractivity (Wildman–Crippen MR) is 65.0 cm³/mol. The zero-order chi connectivity index (χ0) is 12.7. The molecule has 0 amide bonds. The lowest BCUT2D eigenvalue weighted by molar-refractivity contribution is -0.227. The number of aliphatic hydroxyl groups excluding tert-OH is 1. The van der Waals surface area contributed by atoms with Gasteiger partial charge in [-0.25, -0.2) is 15.0 Å². The van der Waals surface area contributed by atoms with Crippen LogP contribution in [-0.4, -0.2) is 44.4 Å². The molecular formula is C11H15N5O2. The number of anilines is 1. The molecule has 2 aromatic rings. The summed E-state index contributed by atoms with van der Waals surface area (Å²) in [5.41, 5.74) is 1.46. The maximum Gasteiger partial charge on any atom is 0.167 e. The Bertz CT molecular complexity index is 570. The van der Waals surface area contributed by atoms with E-state index in [2.05, 4.69) is 20.3 Å². The van der Waals surface area contributed by atoms with E-state index in [1.165, 1.54) is 6.33 Å². The number of aliphatic hydroxyl groups is 1. The zero-order valence-corrected chi connectivity index (χ0v) is 10.2. The first kappa shape index (κ1) is 11.4. The number of nitrogens with zero attached hydrogens (tertiary/aromatic N) is 4. The molecule has 96 valence electrons. The van der Waals surface area contributed by atoms with Crippen LogP contribution in [-0.2, 0) is 4.74 Å². The molecule has 7 heteroatoms. The van der Waals surface area contributed by atoms with E-state index in [1.54, 1.807) is 13.4 Å². The van der Waals surface area contributed by atoms with E-state index < -0.39 is 0 Å². The molecule has 3 rings (SSSR count). The third-order valence-electron chi connectivity index (χ3n) is 3.40. The summed E-state index contributed by atoms with van der Waals surface area (Å²) in [6.45, 7) is 2.09. The fraction of sp³-hybridized carbons (Fsp3) is 0.545. The summed E-state index contributed by atoms with van der Waals surface area (Å²) in [6.07, 6.45) is 2.98. The third-order valence-corrected chi connectivity index (χ3v) is 3.40. The van der Waals surface area contributed by atoms with Crippen LogP contribution < -0.4 is 5.32 Å². The van der Waals surface area contributed by atoms with Gasteiger partial charge in [0.05, 0.1) is 19.0 Å². The number of hydrogen-bond acceptors (Lipinski definition) is 6. The maximum atomic E-state index is 9.08. The average molecular weight is 249 g/mol. The molecule has 3 atom stereocenters. The van der Waals surface area contributed by atoms with E-state index in [-0.39, 0.29) is 24.9 Å². The van der Waals surface area contributed by atoms with E-state index in [0.29, 0.717) is 5.82 Å². The summed E-state index contributed by atoms with van der Waals surface area (Å²) in [5, 5.41) is 12.1. The summed E-state index contributed by atoms with van der Waals surface area (Å²) in [5.74, 6) is 0.935. The first-order valence-electron chi connectivity index (χ1n) is 5.88. The highest BCUT2D eigenvalue weighted by molar-refractivity contribution is 5.82. The van der Waals surface area contributed by atoms with Crippen molar-refractivity contribution >= 4 is 17.0 Å². The summed E-state index contributed by atoms with van der Waals surface area (Å²) < 4.78 is 7.50. The lowest BCUT2D eigenvalue weighted by Gasteiger charge is -2.42. The second-order valence-electron chi connectivity index (χ2n) is 4.40. The molecule has 2 aromatic heterocycles. The minimum absolute atomic E-state index is 0.0427. The standard InChI is InChI=1S/C11H15N5O2/c1-6-7(3-17)18-11(6)16-5-15-8-9(12-2)13-4-14-10(8)16/h4-7,11,17H,3H2,1-2H3,(H,12,13,14). The lowest BCUT2D eigenvalue weighted by Crippen LogP contribution is -2.45. The largest absolute Gasteiger partial charge is 0.394 e. The highest BCUT2D eigenvalue weighted by Crippen LogP contribution is 2.38. The molecule has 1 aliphatic heterocycles. The number of rotatable bonds is 3. The van der Waals surface area contributed by atoms with Gasteiger partial charge in [0.15, 0.2) is 11.5 Å². The third kappa shape index (κ3) is 1.48. The molecule has 0 saturated carbocycles. The quantitative estimate of drug-likeness (QED) is 0.818. The van der Waals surface area contributed by atoms with E-state index >= 15 is 0 Å². The lowest BCUT2D eigenvalue weighted by atomic mass is 9.97. The van der Waals surface area contributed by atoms with Gasteiger partial charge in [-0.3, -0.25) is 4.57 Å². The number of imidazole rings is 1. The van der Waals surface area contributed by atoms with Crippen molar-refractivity contribution < 1.29 is 9.84 Å². The Kier molecular flexibility index (Phi) is 2.64. The van der Waals surface area contributed by atoms with Crippen molar-refractivity contribution in [2.75, 3.05) is 19.0 Å². The molecule has 2 N–H and O–H groups in total. The van der Waals surface area contributed by atoms with Gasteiger partial charge in [0, 0.05) is 13.0 Å². The Hall–Kier alpha value is -1.73. The highest BCUT2D eigenvalue weighted by Gasteiger charge is 2.40. The van der Waals surface area contributed by atoms with E-state index in [9.17, 15) is 0 Å². The second-order valence-corrected chi connectivity index (χ2v) is 4.40. The van der Waals surface area contributed by atoms with Crippen molar-refractivity contribution in [3.8, 4) is 0 Å². The van der Waals surface area contributed by atoms with Crippen LogP contribution in [0.5, 0.6) is 0 Å². The van der Waals surface area contributed by atoms with Gasteiger partial charge in [0.1, 0.15) is 18.1 Å². The van der Waals surface area contributed by atoms with Gasteiger partial charge in [-0.05, 0) is 0 Å². The van der Waals surface area contributed by atoms with Gasteiger partial charge in [0.2, 0.25) is 0 Å². The van der Waals surface area contributed by atoms with Crippen LogP contribution >= 0.6 is 0 Å². The molecule has 0 aromatic carbocycles. The predicted octanol–water partition coefficient (Wildman–Crippen LogP) is 0.394. The van der Waals surface area contributed by atoms with Crippen molar-refractivity contribution in [1.82, 2.24) is 19.5 Å². The molecule has 3 unspecified atom stereocenters. The Morgan fingerprint density at radius 1 is 1.44 bits per heavy atom. The van der Waals surface area contributed by atoms with Crippen LogP contribution in [0.2, 0.25) is 0 Å². The van der Waals surface area contributed by atoms with Crippen LogP contribution in [0.25, 0.3) is 11.2 Å². The fourth-order valence-electron chi connectivity index (χ4n) is 2.27. The summed E-state index contributed by atoms with van der Waals surface area (Å²) in [6, 6.07) is 0. The molecule has 0 spiro atoms. The molecule has 1 fully saturated rings. The summed E-state index contributed by atoms with van der Waals surface area (Å²) in [7, 11) is 1.80. The van der Waals surface area contributed by atoms with Crippen molar-refractivity contribution in [3.05, 3.63) is 12.7 Å². The molecular weight excluding hydrogens is 234 g/mol. The number of aromatic nitrogens is 4. The first-order valence-corrected chi connectivity index (χ1v) is 5.88. The smallest absolute Gasteiger partial charge is 0.167 e. The van der Waals surface area contributed by atoms with E-state index in [1.807, 2.05) is 11.5 Å². The van der Waals surface area contributed by atoms with Crippen molar-refractivity contribution in [3.63, 3.8) is 0 Å². The number of ether oxygens (including phenoxy) is 1. The second kappa shape index (κ2) is 4.18. The number of fused-ring (bicyclic) bond motifs is 1. The van der Waals surface area contributed by atoms with Crippen molar-refractivity contribution in [2.24, 2.45) is 5.92 Å². The van der Waals surface area contributed by atoms with Crippen LogP contribution in [0.3, 0.4) is 0 Å². The summed E-state index contributed by atoms with van der Waals surface area (Å²) >= 11 is 0.